The zero-order valence-electron chi connectivity index (χ0n) is 8.99. The molecule has 0 saturated carbocycles. The van der Waals surface area contributed by atoms with E-state index in [0.717, 1.165) is 21.0 Å². The quantitative estimate of drug-likeness (QED) is 0.370. The molecular formula is C10H11ClN2OS2. The molecule has 0 aliphatic rings. The van der Waals surface area contributed by atoms with Crippen molar-refractivity contribution in [1.29, 1.82) is 0 Å². The maximum atomic E-state index is 5.89. The number of ether oxygens (including phenoxy) is 1. The average molecular weight is 275 g/mol. The molecule has 2 heterocycles. The summed E-state index contributed by atoms with van der Waals surface area (Å²) in [6.07, 6.45) is 0. The van der Waals surface area contributed by atoms with Gasteiger partial charge in [0, 0.05) is 23.1 Å². The number of hydrogen-bond donors (Lipinski definition) is 0. The number of nitrogens with zero attached hydrogens (tertiary/aromatic N) is 2. The Hall–Kier alpha value is -0.360. The van der Waals surface area contributed by atoms with Crippen molar-refractivity contribution in [3.8, 4) is 0 Å². The predicted molar refractivity (Wildman–Crippen MR) is 69.8 cm³/mol. The maximum absolute atomic E-state index is 5.89. The summed E-state index contributed by atoms with van der Waals surface area (Å²) in [7, 11) is 1.69. The van der Waals surface area contributed by atoms with Crippen LogP contribution < -0.4 is 0 Å². The summed E-state index contributed by atoms with van der Waals surface area (Å²) in [5, 5.41) is 2.35. The molecule has 0 spiro atoms. The van der Waals surface area contributed by atoms with Crippen molar-refractivity contribution in [2.75, 3.05) is 19.5 Å². The molecule has 2 rings (SSSR count). The molecule has 0 amide bonds. The average Bonchev–Trinajstić information content (AvgIpc) is 2.58. The molecule has 2 aromatic rings. The third kappa shape index (κ3) is 2.66. The van der Waals surface area contributed by atoms with E-state index in [2.05, 4.69) is 23.0 Å². The van der Waals surface area contributed by atoms with E-state index in [0.29, 0.717) is 11.9 Å². The molecule has 0 aliphatic heterocycles. The summed E-state index contributed by atoms with van der Waals surface area (Å²) in [6, 6.07) is 2.10. The minimum Gasteiger partial charge on any atom is -0.384 e. The van der Waals surface area contributed by atoms with Crippen molar-refractivity contribution in [2.45, 2.75) is 11.9 Å². The molecule has 6 heteroatoms. The van der Waals surface area contributed by atoms with Crippen LogP contribution in [0.25, 0.3) is 10.2 Å². The van der Waals surface area contributed by atoms with Gasteiger partial charge in [-0.05, 0) is 24.6 Å². The topological polar surface area (TPSA) is 35.0 Å². The van der Waals surface area contributed by atoms with Gasteiger partial charge >= 0.3 is 0 Å². The van der Waals surface area contributed by atoms with Gasteiger partial charge in [-0.15, -0.1) is 23.1 Å². The monoisotopic (exact) mass is 274 g/mol. The second kappa shape index (κ2) is 5.31. The number of halogens is 1. The zero-order valence-corrected chi connectivity index (χ0v) is 11.4. The molecular weight excluding hydrogens is 264 g/mol. The van der Waals surface area contributed by atoms with Gasteiger partial charge in [0.25, 0.3) is 0 Å². The molecule has 86 valence electrons. The molecule has 0 N–H and O–H groups in total. The third-order valence-corrected chi connectivity index (χ3v) is 4.05. The van der Waals surface area contributed by atoms with Crippen LogP contribution in [0.1, 0.15) is 4.88 Å². The van der Waals surface area contributed by atoms with Gasteiger partial charge in [-0.2, -0.15) is 0 Å². The van der Waals surface area contributed by atoms with Crippen molar-refractivity contribution >= 4 is 44.9 Å². The maximum Gasteiger partial charge on any atom is 0.224 e. The van der Waals surface area contributed by atoms with E-state index in [4.69, 9.17) is 16.3 Å². The second-order valence-electron chi connectivity index (χ2n) is 3.21. The lowest BCUT2D eigenvalue weighted by molar-refractivity contribution is 0.218. The van der Waals surface area contributed by atoms with E-state index in [1.54, 1.807) is 30.2 Å². The highest BCUT2D eigenvalue weighted by Crippen LogP contribution is 2.31. The SMILES string of the molecule is COCCSc1nc(Cl)nc2sc(C)cc12. The van der Waals surface area contributed by atoms with E-state index in [1.807, 2.05) is 0 Å². The molecule has 0 fully saturated rings. The van der Waals surface area contributed by atoms with Gasteiger partial charge in [-0.25, -0.2) is 9.97 Å². The highest BCUT2D eigenvalue weighted by molar-refractivity contribution is 7.99. The van der Waals surface area contributed by atoms with Gasteiger partial charge in [-0.3, -0.25) is 0 Å². The van der Waals surface area contributed by atoms with Gasteiger partial charge in [0.05, 0.1) is 6.61 Å². The highest BCUT2D eigenvalue weighted by Gasteiger charge is 2.09. The summed E-state index contributed by atoms with van der Waals surface area (Å²) in [5.74, 6) is 0.869. The number of aromatic nitrogens is 2. The van der Waals surface area contributed by atoms with Crippen LogP contribution in [0.4, 0.5) is 0 Å². The Morgan fingerprint density at radius 3 is 3.06 bits per heavy atom. The van der Waals surface area contributed by atoms with Crippen LogP contribution in [-0.4, -0.2) is 29.4 Å². The van der Waals surface area contributed by atoms with E-state index >= 15 is 0 Å². The third-order valence-electron chi connectivity index (χ3n) is 1.98. The zero-order chi connectivity index (χ0) is 11.5. The van der Waals surface area contributed by atoms with Gasteiger partial charge in [0.15, 0.2) is 0 Å². The smallest absolute Gasteiger partial charge is 0.224 e. The first-order valence-electron chi connectivity index (χ1n) is 4.76. The normalized spacial score (nSPS) is 11.2. The Labute approximate surface area is 107 Å². The molecule has 0 saturated heterocycles. The van der Waals surface area contributed by atoms with Crippen LogP contribution in [0.15, 0.2) is 11.1 Å². The lowest BCUT2D eigenvalue weighted by atomic mass is 10.4. The minimum absolute atomic E-state index is 0.314. The fraction of sp³-hybridized carbons (Fsp3) is 0.400. The van der Waals surface area contributed by atoms with Crippen molar-refractivity contribution in [3.05, 3.63) is 16.2 Å². The molecule has 3 nitrogen and oxygen atoms in total. The molecule has 2 aromatic heterocycles. The fourth-order valence-electron chi connectivity index (χ4n) is 1.32. The molecule has 0 radical (unpaired) electrons. The Morgan fingerprint density at radius 2 is 2.31 bits per heavy atom. The van der Waals surface area contributed by atoms with E-state index in [9.17, 15) is 0 Å². The van der Waals surface area contributed by atoms with Gasteiger partial charge < -0.3 is 4.74 Å². The van der Waals surface area contributed by atoms with Crippen LogP contribution in [-0.2, 0) is 4.74 Å². The number of rotatable bonds is 4. The molecule has 0 aliphatic carbocycles. The Kier molecular flexibility index (Phi) is 4.02. The van der Waals surface area contributed by atoms with Crippen LogP contribution in [0.2, 0.25) is 5.28 Å². The van der Waals surface area contributed by atoms with E-state index in [-0.39, 0.29) is 0 Å². The first-order valence-corrected chi connectivity index (χ1v) is 6.94. The summed E-state index contributed by atoms with van der Waals surface area (Å²) >= 11 is 9.17. The molecule has 0 atom stereocenters. The Balaban J connectivity index is 2.34. The van der Waals surface area contributed by atoms with E-state index < -0.39 is 0 Å². The summed E-state index contributed by atoms with van der Waals surface area (Å²) in [4.78, 5) is 10.6. The Morgan fingerprint density at radius 1 is 1.50 bits per heavy atom. The summed E-state index contributed by atoms with van der Waals surface area (Å²) in [5.41, 5.74) is 0. The molecule has 0 aromatic carbocycles. The standard InChI is InChI=1S/C10H11ClN2OS2/c1-6-5-7-8(15-4-3-14-2)12-10(11)13-9(7)16-6/h5H,3-4H2,1-2H3. The molecule has 0 unspecified atom stereocenters. The summed E-state index contributed by atoms with van der Waals surface area (Å²) in [6.45, 7) is 2.76. The van der Waals surface area contributed by atoms with Gasteiger partial charge in [0.2, 0.25) is 5.28 Å². The lowest BCUT2D eigenvalue weighted by Crippen LogP contribution is -1.93. The van der Waals surface area contributed by atoms with Crippen molar-refractivity contribution in [3.63, 3.8) is 0 Å². The van der Waals surface area contributed by atoms with Crippen LogP contribution in [0, 0.1) is 6.92 Å². The number of fused-ring (bicyclic) bond motifs is 1. The molecule has 16 heavy (non-hydrogen) atoms. The minimum atomic E-state index is 0.314. The predicted octanol–water partition coefficient (Wildman–Crippen LogP) is 3.39. The van der Waals surface area contributed by atoms with Crippen LogP contribution in [0.5, 0.6) is 0 Å². The van der Waals surface area contributed by atoms with Crippen LogP contribution in [0.3, 0.4) is 0 Å². The number of aryl methyl sites for hydroxylation is 1. The number of methoxy groups -OCH3 is 1. The first-order chi connectivity index (χ1) is 7.70. The van der Waals surface area contributed by atoms with Crippen LogP contribution >= 0.6 is 34.7 Å². The van der Waals surface area contributed by atoms with Gasteiger partial charge in [0.1, 0.15) is 9.86 Å². The van der Waals surface area contributed by atoms with Crippen molar-refractivity contribution in [1.82, 2.24) is 9.97 Å². The number of thioether (sulfide) groups is 1. The Bertz CT molecular complexity index is 501. The number of hydrogen-bond acceptors (Lipinski definition) is 5. The fourth-order valence-corrected chi connectivity index (χ4v) is 3.44. The van der Waals surface area contributed by atoms with Crippen molar-refractivity contribution in [2.24, 2.45) is 0 Å². The van der Waals surface area contributed by atoms with E-state index in [1.165, 1.54) is 4.88 Å². The number of thiophene rings is 1. The second-order valence-corrected chi connectivity index (χ2v) is 5.87. The lowest BCUT2D eigenvalue weighted by Gasteiger charge is -2.01. The van der Waals surface area contributed by atoms with Gasteiger partial charge in [-0.1, -0.05) is 0 Å². The van der Waals surface area contributed by atoms with Crippen molar-refractivity contribution < 1.29 is 4.74 Å². The first kappa shape index (κ1) is 12.1. The largest absolute Gasteiger partial charge is 0.384 e. The molecule has 0 bridgehead atoms. The summed E-state index contributed by atoms with van der Waals surface area (Å²) < 4.78 is 5.02. The highest BCUT2D eigenvalue weighted by atomic mass is 35.5.